The van der Waals surface area contributed by atoms with Gasteiger partial charge in [-0.05, 0) is 31.2 Å². The molecular formula is C20H22N2O3. The van der Waals surface area contributed by atoms with Crippen molar-refractivity contribution in [3.8, 4) is 0 Å². The molecule has 0 bridgehead atoms. The van der Waals surface area contributed by atoms with Crippen LogP contribution in [0, 0.1) is 0 Å². The molecule has 0 aliphatic carbocycles. The molecule has 1 amide bonds. The van der Waals surface area contributed by atoms with E-state index in [0.717, 1.165) is 5.69 Å². The van der Waals surface area contributed by atoms with Crippen molar-refractivity contribution < 1.29 is 14.7 Å². The van der Waals surface area contributed by atoms with Crippen molar-refractivity contribution >= 4 is 17.6 Å². The first-order valence-corrected chi connectivity index (χ1v) is 8.45. The fraction of sp³-hybridized carbons (Fsp3) is 0.300. The molecule has 0 radical (unpaired) electrons. The van der Waals surface area contributed by atoms with Crippen LogP contribution in [0.1, 0.15) is 23.7 Å². The Labute approximate surface area is 147 Å². The highest BCUT2D eigenvalue weighted by Gasteiger charge is 2.35. The second-order valence-corrected chi connectivity index (χ2v) is 6.41. The summed E-state index contributed by atoms with van der Waals surface area (Å²) >= 11 is 0. The summed E-state index contributed by atoms with van der Waals surface area (Å²) in [5.74, 6) is -0.899. The molecule has 1 aliphatic heterocycles. The zero-order valence-corrected chi connectivity index (χ0v) is 14.2. The Morgan fingerprint density at radius 2 is 1.60 bits per heavy atom. The molecule has 0 spiro atoms. The summed E-state index contributed by atoms with van der Waals surface area (Å²) in [5.41, 5.74) is 1.63. The Morgan fingerprint density at radius 1 is 1.00 bits per heavy atom. The lowest BCUT2D eigenvalue weighted by Gasteiger charge is -2.46. The van der Waals surface area contributed by atoms with Crippen LogP contribution in [0.2, 0.25) is 0 Å². The Bertz CT molecular complexity index is 733. The van der Waals surface area contributed by atoms with Gasteiger partial charge >= 0.3 is 5.97 Å². The number of nitrogens with zero attached hydrogens (tertiary/aromatic N) is 2. The largest absolute Gasteiger partial charge is 0.481 e. The number of carbonyl (C=O) groups excluding carboxylic acids is 1. The van der Waals surface area contributed by atoms with Gasteiger partial charge in [0, 0.05) is 30.4 Å². The number of carboxylic acid groups (broad SMARTS) is 1. The van der Waals surface area contributed by atoms with Crippen LogP contribution in [0.15, 0.2) is 60.7 Å². The normalized spacial score (nSPS) is 20.4. The van der Waals surface area contributed by atoms with Crippen molar-refractivity contribution in [2.24, 2.45) is 0 Å². The first-order valence-electron chi connectivity index (χ1n) is 8.45. The van der Waals surface area contributed by atoms with Gasteiger partial charge in [-0.15, -0.1) is 0 Å². The first-order chi connectivity index (χ1) is 12.1. The molecule has 2 aromatic rings. The van der Waals surface area contributed by atoms with Crippen molar-refractivity contribution in [3.63, 3.8) is 0 Å². The summed E-state index contributed by atoms with van der Waals surface area (Å²) < 4.78 is 0. The van der Waals surface area contributed by atoms with Gasteiger partial charge in [0.05, 0.1) is 12.5 Å². The van der Waals surface area contributed by atoms with Crippen LogP contribution in [0.3, 0.4) is 0 Å². The average Bonchev–Trinajstić information content (AvgIpc) is 2.63. The highest BCUT2D eigenvalue weighted by atomic mass is 16.4. The third kappa shape index (κ3) is 3.82. The molecule has 1 heterocycles. The van der Waals surface area contributed by atoms with Crippen molar-refractivity contribution in [2.75, 3.05) is 18.0 Å². The number of rotatable bonds is 4. The second-order valence-electron chi connectivity index (χ2n) is 6.41. The number of hydrogen-bond acceptors (Lipinski definition) is 3. The summed E-state index contributed by atoms with van der Waals surface area (Å²) in [4.78, 5) is 28.1. The predicted molar refractivity (Wildman–Crippen MR) is 96.8 cm³/mol. The number of aliphatic carboxylic acids is 1. The molecule has 2 aromatic carbocycles. The Kier molecular flexibility index (Phi) is 5.03. The van der Waals surface area contributed by atoms with E-state index in [4.69, 9.17) is 0 Å². The zero-order chi connectivity index (χ0) is 17.8. The average molecular weight is 338 g/mol. The lowest BCUT2D eigenvalue weighted by molar-refractivity contribution is -0.137. The molecule has 130 valence electrons. The van der Waals surface area contributed by atoms with Gasteiger partial charge in [-0.1, -0.05) is 36.4 Å². The van der Waals surface area contributed by atoms with E-state index in [-0.39, 0.29) is 24.4 Å². The van der Waals surface area contributed by atoms with Crippen molar-refractivity contribution in [1.82, 2.24) is 4.90 Å². The highest BCUT2D eigenvalue weighted by Crippen LogP contribution is 2.26. The number of anilines is 1. The van der Waals surface area contributed by atoms with Gasteiger partial charge in [-0.3, -0.25) is 9.59 Å². The molecule has 0 aromatic heterocycles. The van der Waals surface area contributed by atoms with Crippen LogP contribution in [-0.4, -0.2) is 47.1 Å². The van der Waals surface area contributed by atoms with Crippen LogP contribution < -0.4 is 4.90 Å². The van der Waals surface area contributed by atoms with Crippen LogP contribution in [0.4, 0.5) is 5.69 Å². The molecule has 2 atom stereocenters. The number of hydrogen-bond donors (Lipinski definition) is 1. The summed E-state index contributed by atoms with van der Waals surface area (Å²) in [6, 6.07) is 18.7. The lowest BCUT2D eigenvalue weighted by atomic mass is 10.0. The predicted octanol–water partition coefficient (Wildman–Crippen LogP) is 2.88. The van der Waals surface area contributed by atoms with E-state index in [0.29, 0.717) is 18.7 Å². The second kappa shape index (κ2) is 7.38. The SMILES string of the molecule is C[C@@H]1CN(c2ccccc2)[C@@H](CC(=O)O)CN1C(=O)c1ccccc1. The minimum absolute atomic E-state index is 0.000183. The summed E-state index contributed by atoms with van der Waals surface area (Å²) in [6.07, 6.45) is 0.000183. The molecule has 25 heavy (non-hydrogen) atoms. The minimum atomic E-state index is -0.854. The summed E-state index contributed by atoms with van der Waals surface area (Å²) in [6.45, 7) is 3.02. The first kappa shape index (κ1) is 17.0. The maximum absolute atomic E-state index is 12.8. The third-order valence-electron chi connectivity index (χ3n) is 4.62. The summed E-state index contributed by atoms with van der Waals surface area (Å²) in [5, 5.41) is 9.31. The van der Waals surface area contributed by atoms with Gasteiger partial charge in [0.1, 0.15) is 0 Å². The number of amides is 1. The van der Waals surface area contributed by atoms with E-state index in [1.807, 2.05) is 55.5 Å². The number of carboxylic acids is 1. The molecule has 1 N–H and O–H groups in total. The maximum atomic E-state index is 12.8. The summed E-state index contributed by atoms with van der Waals surface area (Å²) in [7, 11) is 0. The van der Waals surface area contributed by atoms with Gasteiger partial charge in [0.15, 0.2) is 0 Å². The highest BCUT2D eigenvalue weighted by molar-refractivity contribution is 5.94. The van der Waals surface area contributed by atoms with Gasteiger partial charge in [-0.2, -0.15) is 0 Å². The number of para-hydroxylation sites is 1. The Balaban J connectivity index is 1.85. The van der Waals surface area contributed by atoms with Gasteiger partial charge in [0.25, 0.3) is 5.91 Å². The minimum Gasteiger partial charge on any atom is -0.481 e. The van der Waals surface area contributed by atoms with Crippen LogP contribution >= 0.6 is 0 Å². The molecule has 5 nitrogen and oxygen atoms in total. The van der Waals surface area contributed by atoms with Gasteiger partial charge in [-0.25, -0.2) is 0 Å². The molecular weight excluding hydrogens is 316 g/mol. The molecule has 1 fully saturated rings. The Morgan fingerprint density at radius 3 is 2.20 bits per heavy atom. The molecule has 3 rings (SSSR count). The van der Waals surface area contributed by atoms with E-state index in [9.17, 15) is 14.7 Å². The standard InChI is InChI=1S/C20H22N2O3/c1-15-13-22(17-10-6-3-7-11-17)18(12-19(23)24)14-21(15)20(25)16-8-4-2-5-9-16/h2-11,15,18H,12-14H2,1H3,(H,23,24)/t15-,18+/m1/s1. The number of carbonyl (C=O) groups is 2. The number of benzene rings is 2. The molecule has 1 saturated heterocycles. The molecule has 0 unspecified atom stereocenters. The van der Waals surface area contributed by atoms with Crippen molar-refractivity contribution in [2.45, 2.75) is 25.4 Å². The lowest BCUT2D eigenvalue weighted by Crippen LogP contribution is -2.59. The van der Waals surface area contributed by atoms with E-state index in [1.54, 1.807) is 17.0 Å². The Hall–Kier alpha value is -2.82. The maximum Gasteiger partial charge on any atom is 0.305 e. The van der Waals surface area contributed by atoms with E-state index < -0.39 is 5.97 Å². The molecule has 5 heteroatoms. The van der Waals surface area contributed by atoms with E-state index >= 15 is 0 Å². The van der Waals surface area contributed by atoms with E-state index in [2.05, 4.69) is 4.90 Å². The molecule has 1 aliphatic rings. The van der Waals surface area contributed by atoms with Crippen LogP contribution in [0.25, 0.3) is 0 Å². The van der Waals surface area contributed by atoms with Gasteiger partial charge < -0.3 is 14.9 Å². The quantitative estimate of drug-likeness (QED) is 0.931. The molecule has 0 saturated carbocycles. The van der Waals surface area contributed by atoms with Crippen molar-refractivity contribution in [3.05, 3.63) is 66.2 Å². The van der Waals surface area contributed by atoms with Crippen molar-refractivity contribution in [1.29, 1.82) is 0 Å². The topological polar surface area (TPSA) is 60.9 Å². The smallest absolute Gasteiger partial charge is 0.305 e. The third-order valence-corrected chi connectivity index (χ3v) is 4.62. The van der Waals surface area contributed by atoms with Crippen LogP contribution in [-0.2, 0) is 4.79 Å². The van der Waals surface area contributed by atoms with Gasteiger partial charge in [0.2, 0.25) is 0 Å². The van der Waals surface area contributed by atoms with E-state index in [1.165, 1.54) is 0 Å². The monoisotopic (exact) mass is 338 g/mol. The number of piperazine rings is 1. The van der Waals surface area contributed by atoms with Crippen LogP contribution in [0.5, 0.6) is 0 Å². The fourth-order valence-corrected chi connectivity index (χ4v) is 3.38. The zero-order valence-electron chi connectivity index (χ0n) is 14.2. The fourth-order valence-electron chi connectivity index (χ4n) is 3.38.